The van der Waals surface area contributed by atoms with E-state index >= 15 is 0 Å². The SMILES string of the molecule is Cc1ccc(C)c(S(=O)(=O)N[C@@H]2CCC[C@@H]2C(N)=O)c1. The van der Waals surface area contributed by atoms with Gasteiger partial charge in [0.2, 0.25) is 15.9 Å². The molecule has 0 heterocycles. The van der Waals surface area contributed by atoms with Gasteiger partial charge in [0.1, 0.15) is 0 Å². The number of nitrogens with two attached hydrogens (primary N) is 1. The van der Waals surface area contributed by atoms with Gasteiger partial charge < -0.3 is 5.73 Å². The standard InChI is InChI=1S/C14H20N2O3S/c1-9-6-7-10(2)13(8-9)20(18,19)16-12-5-3-4-11(12)14(15)17/h6-8,11-12,16H,3-5H2,1-2H3,(H2,15,17)/t11-,12+/m0/s1. The van der Waals surface area contributed by atoms with Gasteiger partial charge in [-0.05, 0) is 43.9 Å². The topological polar surface area (TPSA) is 89.3 Å². The van der Waals surface area contributed by atoms with Crippen molar-refractivity contribution >= 4 is 15.9 Å². The van der Waals surface area contributed by atoms with E-state index in [0.717, 1.165) is 12.0 Å². The summed E-state index contributed by atoms with van der Waals surface area (Å²) in [5, 5.41) is 0. The van der Waals surface area contributed by atoms with E-state index in [1.165, 1.54) is 0 Å². The normalized spacial score (nSPS) is 22.9. The Balaban J connectivity index is 2.27. The molecule has 2 atom stereocenters. The lowest BCUT2D eigenvalue weighted by atomic mass is 10.0. The Hall–Kier alpha value is -1.40. The molecule has 0 aliphatic heterocycles. The molecule has 0 bridgehead atoms. The molecular formula is C14H20N2O3S. The lowest BCUT2D eigenvalue weighted by Gasteiger charge is -2.19. The van der Waals surface area contributed by atoms with E-state index in [1.54, 1.807) is 19.1 Å². The zero-order chi connectivity index (χ0) is 14.9. The van der Waals surface area contributed by atoms with E-state index in [2.05, 4.69) is 4.72 Å². The molecule has 110 valence electrons. The molecule has 6 heteroatoms. The maximum Gasteiger partial charge on any atom is 0.241 e. The second kappa shape index (κ2) is 5.54. The van der Waals surface area contributed by atoms with E-state index in [9.17, 15) is 13.2 Å². The first-order valence-electron chi connectivity index (χ1n) is 6.70. The largest absolute Gasteiger partial charge is 0.369 e. The molecule has 0 spiro atoms. The minimum absolute atomic E-state index is 0.271. The van der Waals surface area contributed by atoms with Crippen LogP contribution in [0.4, 0.5) is 0 Å². The number of carbonyl (C=O) groups is 1. The van der Waals surface area contributed by atoms with Crippen molar-refractivity contribution in [1.29, 1.82) is 0 Å². The Morgan fingerprint density at radius 2 is 2.00 bits per heavy atom. The van der Waals surface area contributed by atoms with Crippen LogP contribution in [0.2, 0.25) is 0 Å². The van der Waals surface area contributed by atoms with Crippen molar-refractivity contribution in [2.45, 2.75) is 44.0 Å². The minimum atomic E-state index is -3.62. The smallest absolute Gasteiger partial charge is 0.241 e. The lowest BCUT2D eigenvalue weighted by Crippen LogP contribution is -2.42. The fourth-order valence-electron chi connectivity index (χ4n) is 2.70. The molecule has 1 aromatic carbocycles. The van der Waals surface area contributed by atoms with Crippen LogP contribution in [0.5, 0.6) is 0 Å². The number of sulfonamides is 1. The molecular weight excluding hydrogens is 276 g/mol. The molecule has 5 nitrogen and oxygen atoms in total. The molecule has 2 rings (SSSR count). The molecule has 1 amide bonds. The number of benzene rings is 1. The van der Waals surface area contributed by atoms with Gasteiger partial charge in [-0.1, -0.05) is 18.6 Å². The van der Waals surface area contributed by atoms with E-state index in [0.29, 0.717) is 18.4 Å². The number of nitrogens with one attached hydrogen (secondary N) is 1. The van der Waals surface area contributed by atoms with Crippen molar-refractivity contribution in [3.8, 4) is 0 Å². The van der Waals surface area contributed by atoms with Gasteiger partial charge in [0, 0.05) is 6.04 Å². The molecule has 1 saturated carbocycles. The van der Waals surface area contributed by atoms with E-state index in [4.69, 9.17) is 5.73 Å². The summed E-state index contributed by atoms with van der Waals surface area (Å²) < 4.78 is 27.6. The van der Waals surface area contributed by atoms with Gasteiger partial charge in [-0.3, -0.25) is 4.79 Å². The zero-order valence-electron chi connectivity index (χ0n) is 11.7. The van der Waals surface area contributed by atoms with Crippen LogP contribution in [-0.4, -0.2) is 20.4 Å². The second-order valence-electron chi connectivity index (χ2n) is 5.44. The summed E-state index contributed by atoms with van der Waals surface area (Å²) in [6.07, 6.45) is 2.11. The number of aryl methyl sites for hydroxylation is 2. The predicted molar refractivity (Wildman–Crippen MR) is 76.6 cm³/mol. The van der Waals surface area contributed by atoms with Crippen LogP contribution in [0, 0.1) is 19.8 Å². The van der Waals surface area contributed by atoms with E-state index in [-0.39, 0.29) is 4.90 Å². The predicted octanol–water partition coefficient (Wildman–Crippen LogP) is 1.24. The highest BCUT2D eigenvalue weighted by Gasteiger charge is 2.35. The molecule has 1 aliphatic carbocycles. The molecule has 0 unspecified atom stereocenters. The van der Waals surface area contributed by atoms with Crippen LogP contribution in [0.1, 0.15) is 30.4 Å². The van der Waals surface area contributed by atoms with Crippen LogP contribution in [0.25, 0.3) is 0 Å². The van der Waals surface area contributed by atoms with Gasteiger partial charge in [0.25, 0.3) is 0 Å². The van der Waals surface area contributed by atoms with Gasteiger partial charge in [0.15, 0.2) is 0 Å². The van der Waals surface area contributed by atoms with Crippen LogP contribution < -0.4 is 10.5 Å². The van der Waals surface area contributed by atoms with Crippen LogP contribution in [0.3, 0.4) is 0 Å². The Labute approximate surface area is 119 Å². The second-order valence-corrected chi connectivity index (χ2v) is 7.12. The average Bonchev–Trinajstić information content (AvgIpc) is 2.79. The Kier molecular flexibility index (Phi) is 4.15. The first-order valence-corrected chi connectivity index (χ1v) is 8.18. The summed E-state index contributed by atoms with van der Waals surface area (Å²) in [7, 11) is -3.62. The van der Waals surface area contributed by atoms with Crippen molar-refractivity contribution < 1.29 is 13.2 Å². The van der Waals surface area contributed by atoms with E-state index in [1.807, 2.05) is 13.0 Å². The molecule has 1 fully saturated rings. The van der Waals surface area contributed by atoms with Crippen molar-refractivity contribution in [1.82, 2.24) is 4.72 Å². The summed E-state index contributed by atoms with van der Waals surface area (Å²) >= 11 is 0. The lowest BCUT2D eigenvalue weighted by molar-refractivity contribution is -0.122. The molecule has 1 aromatic rings. The minimum Gasteiger partial charge on any atom is -0.369 e. The number of carbonyl (C=O) groups excluding carboxylic acids is 1. The van der Waals surface area contributed by atoms with Crippen molar-refractivity contribution in [2.24, 2.45) is 11.7 Å². The summed E-state index contributed by atoms with van der Waals surface area (Å²) in [6.45, 7) is 3.61. The Bertz CT molecular complexity index is 625. The van der Waals surface area contributed by atoms with Gasteiger partial charge in [-0.15, -0.1) is 0 Å². The highest BCUT2D eigenvalue weighted by atomic mass is 32.2. The molecule has 0 saturated heterocycles. The third-order valence-electron chi connectivity index (χ3n) is 3.82. The summed E-state index contributed by atoms with van der Waals surface area (Å²) in [4.78, 5) is 11.6. The number of amides is 1. The van der Waals surface area contributed by atoms with Crippen molar-refractivity contribution in [3.05, 3.63) is 29.3 Å². The number of hydrogen-bond donors (Lipinski definition) is 2. The summed E-state index contributed by atoms with van der Waals surface area (Å²) in [5.41, 5.74) is 6.90. The number of primary amides is 1. The fraction of sp³-hybridized carbons (Fsp3) is 0.500. The monoisotopic (exact) mass is 296 g/mol. The fourth-order valence-corrected chi connectivity index (χ4v) is 4.34. The van der Waals surface area contributed by atoms with E-state index < -0.39 is 27.9 Å². The quantitative estimate of drug-likeness (QED) is 0.876. The van der Waals surface area contributed by atoms with Crippen LogP contribution in [-0.2, 0) is 14.8 Å². The maximum absolute atomic E-state index is 12.5. The number of hydrogen-bond acceptors (Lipinski definition) is 3. The summed E-state index contributed by atoms with van der Waals surface area (Å²) in [6, 6.07) is 4.91. The third kappa shape index (κ3) is 3.02. The van der Waals surface area contributed by atoms with Crippen molar-refractivity contribution in [2.75, 3.05) is 0 Å². The Morgan fingerprint density at radius 3 is 2.65 bits per heavy atom. The Morgan fingerprint density at radius 1 is 1.30 bits per heavy atom. The first kappa shape index (κ1) is 15.0. The molecule has 0 radical (unpaired) electrons. The highest BCUT2D eigenvalue weighted by molar-refractivity contribution is 7.89. The van der Waals surface area contributed by atoms with Gasteiger partial charge in [0.05, 0.1) is 10.8 Å². The average molecular weight is 296 g/mol. The zero-order valence-corrected chi connectivity index (χ0v) is 12.5. The molecule has 3 N–H and O–H groups in total. The highest BCUT2D eigenvalue weighted by Crippen LogP contribution is 2.27. The molecule has 0 aromatic heterocycles. The molecule has 1 aliphatic rings. The van der Waals surface area contributed by atoms with Gasteiger partial charge in [-0.25, -0.2) is 13.1 Å². The number of rotatable bonds is 4. The molecule has 20 heavy (non-hydrogen) atoms. The van der Waals surface area contributed by atoms with Crippen LogP contribution >= 0.6 is 0 Å². The van der Waals surface area contributed by atoms with Gasteiger partial charge >= 0.3 is 0 Å². The maximum atomic E-state index is 12.5. The van der Waals surface area contributed by atoms with Crippen LogP contribution in [0.15, 0.2) is 23.1 Å². The third-order valence-corrected chi connectivity index (χ3v) is 5.45. The van der Waals surface area contributed by atoms with Gasteiger partial charge in [-0.2, -0.15) is 0 Å². The summed E-state index contributed by atoms with van der Waals surface area (Å²) in [5.74, 6) is -0.842. The first-order chi connectivity index (χ1) is 9.31. The van der Waals surface area contributed by atoms with Crippen molar-refractivity contribution in [3.63, 3.8) is 0 Å².